The van der Waals surface area contributed by atoms with Crippen LogP contribution in [0.1, 0.15) is 10.5 Å². The van der Waals surface area contributed by atoms with Crippen molar-refractivity contribution < 1.29 is 9.59 Å². The molecule has 0 aliphatic carbocycles. The number of nitrogens with one attached hydrogen (secondary N) is 2. The minimum Gasteiger partial charge on any atom is -0.342 e. The van der Waals surface area contributed by atoms with Crippen LogP contribution in [0.5, 0.6) is 0 Å². The number of aryl methyl sites for hydroxylation is 2. The Morgan fingerprint density at radius 2 is 2.14 bits per heavy atom. The van der Waals surface area contributed by atoms with E-state index in [1.165, 1.54) is 0 Å². The first-order chi connectivity index (χ1) is 10.5. The Morgan fingerprint density at radius 3 is 2.82 bits per heavy atom. The molecule has 0 unspecified atom stereocenters. The number of aromatic nitrogens is 3. The quantitative estimate of drug-likeness (QED) is 0.762. The molecule has 0 aromatic carbocycles. The summed E-state index contributed by atoms with van der Waals surface area (Å²) < 4.78 is 4.45. The summed E-state index contributed by atoms with van der Waals surface area (Å²) in [7, 11) is 3.59. The molecule has 2 N–H and O–H groups in total. The number of fused-ring (bicyclic) bond motifs is 1. The van der Waals surface area contributed by atoms with E-state index in [0.717, 1.165) is 10.2 Å². The van der Waals surface area contributed by atoms with Crippen molar-refractivity contribution in [2.24, 2.45) is 14.1 Å². The Labute approximate surface area is 130 Å². The van der Waals surface area contributed by atoms with Crippen LogP contribution in [-0.2, 0) is 18.9 Å². The minimum atomic E-state index is -0.317. The topological polar surface area (TPSA) is 81.0 Å². The van der Waals surface area contributed by atoms with Gasteiger partial charge in [0.25, 0.3) is 5.91 Å². The van der Waals surface area contributed by atoms with Crippen LogP contribution in [0.25, 0.3) is 10.2 Å². The maximum atomic E-state index is 12.2. The third-order valence-electron chi connectivity index (χ3n) is 3.29. The first-order valence-corrected chi connectivity index (χ1v) is 7.53. The van der Waals surface area contributed by atoms with E-state index in [2.05, 4.69) is 15.7 Å². The summed E-state index contributed by atoms with van der Waals surface area (Å²) >= 11 is 1.58. The van der Waals surface area contributed by atoms with Gasteiger partial charge in [0, 0.05) is 26.4 Å². The molecule has 3 aromatic heterocycles. The summed E-state index contributed by atoms with van der Waals surface area (Å²) in [5, 5.41) is 11.3. The molecule has 0 atom stereocenters. The second-order valence-corrected chi connectivity index (χ2v) is 5.81. The van der Waals surface area contributed by atoms with Crippen molar-refractivity contribution in [2.45, 2.75) is 0 Å². The van der Waals surface area contributed by atoms with Gasteiger partial charge in [0.05, 0.1) is 16.8 Å². The van der Waals surface area contributed by atoms with E-state index in [9.17, 15) is 9.59 Å². The Kier molecular flexibility index (Phi) is 3.68. The molecular formula is C14H15N5O2S. The second-order valence-electron chi connectivity index (χ2n) is 4.86. The summed E-state index contributed by atoms with van der Waals surface area (Å²) in [4.78, 5) is 24.0. The first-order valence-electron chi connectivity index (χ1n) is 6.65. The Bertz CT molecular complexity index is 845. The van der Waals surface area contributed by atoms with Crippen molar-refractivity contribution >= 4 is 39.2 Å². The van der Waals surface area contributed by atoms with Crippen LogP contribution in [0.2, 0.25) is 0 Å². The van der Waals surface area contributed by atoms with Gasteiger partial charge in [0.1, 0.15) is 5.69 Å². The van der Waals surface area contributed by atoms with Gasteiger partial charge in [0.2, 0.25) is 5.91 Å². The highest BCUT2D eigenvalue weighted by Gasteiger charge is 2.15. The van der Waals surface area contributed by atoms with Crippen molar-refractivity contribution in [3.8, 4) is 0 Å². The van der Waals surface area contributed by atoms with E-state index in [1.54, 1.807) is 35.3 Å². The molecule has 3 heterocycles. The van der Waals surface area contributed by atoms with E-state index >= 15 is 0 Å². The lowest BCUT2D eigenvalue weighted by molar-refractivity contribution is -0.115. The standard InChI is InChI=1S/C14H15N5O2S/c1-18-5-3-12(17-18)16-13(20)8-15-14(21)10-7-11-9(19(10)2)4-6-22-11/h3-7H,8H2,1-2H3,(H,15,21)(H,16,17,20). The van der Waals surface area contributed by atoms with Crippen molar-refractivity contribution in [3.05, 3.63) is 35.5 Å². The summed E-state index contributed by atoms with van der Waals surface area (Å²) in [6.07, 6.45) is 1.73. The van der Waals surface area contributed by atoms with Gasteiger partial charge in [-0.2, -0.15) is 5.10 Å². The van der Waals surface area contributed by atoms with E-state index in [1.807, 2.05) is 29.1 Å². The number of anilines is 1. The van der Waals surface area contributed by atoms with Gasteiger partial charge in [-0.3, -0.25) is 14.3 Å². The van der Waals surface area contributed by atoms with Gasteiger partial charge < -0.3 is 15.2 Å². The summed E-state index contributed by atoms with van der Waals surface area (Å²) in [6.45, 7) is -0.103. The minimum absolute atomic E-state index is 0.103. The molecule has 114 valence electrons. The third-order valence-corrected chi connectivity index (χ3v) is 4.14. The fourth-order valence-corrected chi connectivity index (χ4v) is 3.04. The molecule has 0 radical (unpaired) electrons. The maximum Gasteiger partial charge on any atom is 0.268 e. The highest BCUT2D eigenvalue weighted by atomic mass is 32.1. The number of nitrogens with zero attached hydrogens (tertiary/aromatic N) is 3. The van der Waals surface area contributed by atoms with E-state index in [4.69, 9.17) is 0 Å². The lowest BCUT2D eigenvalue weighted by Crippen LogP contribution is -2.33. The van der Waals surface area contributed by atoms with E-state index < -0.39 is 0 Å². The molecule has 0 bridgehead atoms. The average molecular weight is 317 g/mol. The second kappa shape index (κ2) is 5.64. The van der Waals surface area contributed by atoms with E-state index in [0.29, 0.717) is 11.5 Å². The first kappa shape index (κ1) is 14.3. The highest BCUT2D eigenvalue weighted by Crippen LogP contribution is 2.23. The Balaban J connectivity index is 1.61. The van der Waals surface area contributed by atoms with Crippen LogP contribution < -0.4 is 10.6 Å². The lowest BCUT2D eigenvalue weighted by atomic mass is 10.4. The highest BCUT2D eigenvalue weighted by molar-refractivity contribution is 7.17. The molecule has 8 heteroatoms. The van der Waals surface area contributed by atoms with Crippen molar-refractivity contribution in [3.63, 3.8) is 0 Å². The van der Waals surface area contributed by atoms with Gasteiger partial charge in [0.15, 0.2) is 5.82 Å². The molecule has 0 saturated heterocycles. The Morgan fingerprint density at radius 1 is 1.32 bits per heavy atom. The van der Waals surface area contributed by atoms with Crippen LogP contribution >= 0.6 is 11.3 Å². The SMILES string of the molecule is Cn1ccc(NC(=O)CNC(=O)c2cc3sccc3n2C)n1. The molecule has 0 aliphatic heterocycles. The zero-order valence-corrected chi connectivity index (χ0v) is 13.0. The maximum absolute atomic E-state index is 12.2. The average Bonchev–Trinajstić information content (AvgIpc) is 3.16. The van der Waals surface area contributed by atoms with Gasteiger partial charge in [-0.05, 0) is 17.5 Å². The molecule has 0 aliphatic rings. The van der Waals surface area contributed by atoms with Gasteiger partial charge in [-0.15, -0.1) is 11.3 Å². The molecule has 2 amide bonds. The molecule has 22 heavy (non-hydrogen) atoms. The summed E-state index contributed by atoms with van der Waals surface area (Å²) in [6, 6.07) is 5.47. The molecule has 3 aromatic rings. The molecule has 0 fully saturated rings. The molecule has 3 rings (SSSR count). The molecular weight excluding hydrogens is 302 g/mol. The predicted molar refractivity (Wildman–Crippen MR) is 85.0 cm³/mol. The normalized spacial score (nSPS) is 10.8. The lowest BCUT2D eigenvalue weighted by Gasteiger charge is -2.06. The van der Waals surface area contributed by atoms with Crippen LogP contribution in [-0.4, -0.2) is 32.7 Å². The van der Waals surface area contributed by atoms with Crippen LogP contribution in [0, 0.1) is 0 Å². The van der Waals surface area contributed by atoms with Gasteiger partial charge in [-0.1, -0.05) is 0 Å². The molecule has 0 saturated carbocycles. The number of thiophene rings is 1. The van der Waals surface area contributed by atoms with Gasteiger partial charge >= 0.3 is 0 Å². The third kappa shape index (κ3) is 2.73. The van der Waals surface area contributed by atoms with Crippen LogP contribution in [0.15, 0.2) is 29.8 Å². The largest absolute Gasteiger partial charge is 0.342 e. The zero-order chi connectivity index (χ0) is 15.7. The predicted octanol–water partition coefficient (Wildman–Crippen LogP) is 1.34. The fraction of sp³-hybridized carbons (Fsp3) is 0.214. The number of carbonyl (C=O) groups is 2. The number of hydrogen-bond donors (Lipinski definition) is 2. The molecule has 7 nitrogen and oxygen atoms in total. The number of hydrogen-bond acceptors (Lipinski definition) is 4. The zero-order valence-electron chi connectivity index (χ0n) is 12.2. The fourth-order valence-electron chi connectivity index (χ4n) is 2.19. The summed E-state index contributed by atoms with van der Waals surface area (Å²) in [5.74, 6) is -0.133. The van der Waals surface area contributed by atoms with Crippen LogP contribution in [0.4, 0.5) is 5.82 Å². The van der Waals surface area contributed by atoms with E-state index in [-0.39, 0.29) is 18.4 Å². The Hall–Kier alpha value is -2.61. The van der Waals surface area contributed by atoms with Gasteiger partial charge in [-0.25, -0.2) is 0 Å². The van der Waals surface area contributed by atoms with Crippen LogP contribution in [0.3, 0.4) is 0 Å². The molecule has 0 spiro atoms. The monoisotopic (exact) mass is 317 g/mol. The van der Waals surface area contributed by atoms with Crippen molar-refractivity contribution in [1.29, 1.82) is 0 Å². The number of amides is 2. The smallest absolute Gasteiger partial charge is 0.268 e. The van der Waals surface area contributed by atoms with Crippen molar-refractivity contribution in [1.82, 2.24) is 19.7 Å². The van der Waals surface area contributed by atoms with Crippen molar-refractivity contribution in [2.75, 3.05) is 11.9 Å². The number of carbonyl (C=O) groups excluding carboxylic acids is 2. The number of rotatable bonds is 4. The summed E-state index contributed by atoms with van der Waals surface area (Å²) in [5.41, 5.74) is 1.54.